The Bertz CT molecular complexity index is 511. The predicted molar refractivity (Wildman–Crippen MR) is 69.9 cm³/mol. The van der Waals surface area contributed by atoms with Crippen LogP contribution in [0.1, 0.15) is 11.1 Å². The van der Waals surface area contributed by atoms with Crippen molar-refractivity contribution in [2.75, 3.05) is 30.3 Å². The first kappa shape index (κ1) is 12.4. The van der Waals surface area contributed by atoms with Crippen molar-refractivity contribution >= 4 is 15.7 Å². The molecule has 1 aliphatic rings. The molecule has 0 radical (unpaired) electrons. The number of sulfonamides is 1. The van der Waals surface area contributed by atoms with Crippen molar-refractivity contribution < 1.29 is 8.42 Å². The van der Waals surface area contributed by atoms with Gasteiger partial charge in [0.05, 0.1) is 5.75 Å². The second kappa shape index (κ2) is 4.66. The topological polar surface area (TPSA) is 49.4 Å². The monoisotopic (exact) mass is 254 g/mol. The van der Waals surface area contributed by atoms with Crippen LogP contribution in [0, 0.1) is 13.8 Å². The molecule has 1 aliphatic heterocycles. The number of rotatable bonds is 1. The molecule has 1 aromatic rings. The highest BCUT2D eigenvalue weighted by Gasteiger charge is 2.19. The van der Waals surface area contributed by atoms with Crippen LogP contribution in [0.2, 0.25) is 0 Å². The van der Waals surface area contributed by atoms with Crippen molar-refractivity contribution in [3.63, 3.8) is 0 Å². The molecule has 1 N–H and O–H groups in total. The second-order valence-corrected chi connectivity index (χ2v) is 6.42. The van der Waals surface area contributed by atoms with E-state index in [1.807, 2.05) is 0 Å². The average molecular weight is 254 g/mol. The Kier molecular flexibility index (Phi) is 3.40. The molecule has 94 valence electrons. The van der Waals surface area contributed by atoms with Gasteiger partial charge < -0.3 is 4.90 Å². The van der Waals surface area contributed by atoms with Gasteiger partial charge in [-0.15, -0.1) is 0 Å². The number of nitrogens with one attached hydrogen (secondary N) is 1. The van der Waals surface area contributed by atoms with Gasteiger partial charge in [-0.3, -0.25) is 0 Å². The molecule has 2 rings (SSSR count). The summed E-state index contributed by atoms with van der Waals surface area (Å²) in [7, 11) is -3.07. The van der Waals surface area contributed by atoms with Crippen LogP contribution in [0.4, 0.5) is 5.69 Å². The number of hydrogen-bond donors (Lipinski definition) is 1. The van der Waals surface area contributed by atoms with Gasteiger partial charge in [0.1, 0.15) is 0 Å². The third-order valence-electron chi connectivity index (χ3n) is 3.03. The molecule has 0 unspecified atom stereocenters. The number of hydrogen-bond acceptors (Lipinski definition) is 3. The molecule has 0 saturated carbocycles. The third kappa shape index (κ3) is 2.98. The minimum Gasteiger partial charge on any atom is -0.369 e. The minimum atomic E-state index is -3.07. The first-order valence-electron chi connectivity index (χ1n) is 5.77. The van der Waals surface area contributed by atoms with Crippen molar-refractivity contribution in [1.82, 2.24) is 4.72 Å². The van der Waals surface area contributed by atoms with E-state index in [1.165, 1.54) is 11.1 Å². The fraction of sp³-hybridized carbons (Fsp3) is 0.500. The van der Waals surface area contributed by atoms with Gasteiger partial charge in [-0.25, -0.2) is 13.1 Å². The molecule has 1 heterocycles. The highest BCUT2D eigenvalue weighted by atomic mass is 32.2. The maximum absolute atomic E-state index is 11.4. The van der Waals surface area contributed by atoms with E-state index in [4.69, 9.17) is 0 Å². The quantitative estimate of drug-likeness (QED) is 0.815. The summed E-state index contributed by atoms with van der Waals surface area (Å²) in [5, 5.41) is 0. The van der Waals surface area contributed by atoms with Crippen LogP contribution in [0.5, 0.6) is 0 Å². The van der Waals surface area contributed by atoms with E-state index in [0.717, 1.165) is 12.2 Å². The number of anilines is 1. The normalized spacial score (nSPS) is 20.0. The van der Waals surface area contributed by atoms with Crippen molar-refractivity contribution in [3.8, 4) is 0 Å². The standard InChI is InChI=1S/C12H18N2O2S/c1-10-3-4-12(11(2)9-10)14-6-5-13-17(15,16)8-7-14/h3-4,9,13H,5-8H2,1-2H3. The van der Waals surface area contributed by atoms with E-state index in [2.05, 4.69) is 41.7 Å². The average Bonchev–Trinajstić information content (AvgIpc) is 2.40. The molecular formula is C12H18N2O2S. The lowest BCUT2D eigenvalue weighted by molar-refractivity contribution is 0.586. The zero-order chi connectivity index (χ0) is 12.5. The number of aryl methyl sites for hydroxylation is 2. The Morgan fingerprint density at radius 2 is 2.00 bits per heavy atom. The molecule has 1 saturated heterocycles. The summed E-state index contributed by atoms with van der Waals surface area (Å²) in [5.74, 6) is 0.167. The summed E-state index contributed by atoms with van der Waals surface area (Å²) in [5.41, 5.74) is 3.56. The Hall–Kier alpha value is -1.07. The molecule has 4 nitrogen and oxygen atoms in total. The van der Waals surface area contributed by atoms with Gasteiger partial charge in [0, 0.05) is 25.3 Å². The fourth-order valence-electron chi connectivity index (χ4n) is 2.15. The van der Waals surface area contributed by atoms with Gasteiger partial charge in [-0.2, -0.15) is 0 Å². The highest BCUT2D eigenvalue weighted by molar-refractivity contribution is 7.89. The SMILES string of the molecule is Cc1ccc(N2CCNS(=O)(=O)CC2)c(C)c1. The molecule has 0 aliphatic carbocycles. The molecule has 0 bridgehead atoms. The summed E-state index contributed by atoms with van der Waals surface area (Å²) in [6, 6.07) is 6.26. The van der Waals surface area contributed by atoms with Crippen molar-refractivity contribution in [1.29, 1.82) is 0 Å². The lowest BCUT2D eigenvalue weighted by Gasteiger charge is -2.24. The van der Waals surface area contributed by atoms with Crippen LogP contribution in [-0.2, 0) is 10.0 Å². The van der Waals surface area contributed by atoms with Crippen molar-refractivity contribution in [2.45, 2.75) is 13.8 Å². The highest BCUT2D eigenvalue weighted by Crippen LogP contribution is 2.21. The van der Waals surface area contributed by atoms with Crippen LogP contribution in [-0.4, -0.2) is 33.8 Å². The zero-order valence-corrected chi connectivity index (χ0v) is 11.0. The molecule has 5 heteroatoms. The fourth-order valence-corrected chi connectivity index (χ4v) is 3.16. The van der Waals surface area contributed by atoms with Crippen molar-refractivity contribution in [2.24, 2.45) is 0 Å². The maximum atomic E-state index is 11.4. The van der Waals surface area contributed by atoms with E-state index in [-0.39, 0.29) is 5.75 Å². The van der Waals surface area contributed by atoms with Crippen LogP contribution in [0.3, 0.4) is 0 Å². The van der Waals surface area contributed by atoms with Gasteiger partial charge in [0.15, 0.2) is 0 Å². The molecule has 17 heavy (non-hydrogen) atoms. The Balaban J connectivity index is 2.23. The number of benzene rings is 1. The van der Waals surface area contributed by atoms with E-state index < -0.39 is 10.0 Å². The minimum absolute atomic E-state index is 0.167. The summed E-state index contributed by atoms with van der Waals surface area (Å²) in [6.45, 7) is 5.89. The van der Waals surface area contributed by atoms with Gasteiger partial charge in [-0.1, -0.05) is 17.7 Å². The third-order valence-corrected chi connectivity index (χ3v) is 4.39. The lowest BCUT2D eigenvalue weighted by Crippen LogP contribution is -2.29. The molecule has 0 atom stereocenters. The maximum Gasteiger partial charge on any atom is 0.213 e. The lowest BCUT2D eigenvalue weighted by atomic mass is 10.1. The predicted octanol–water partition coefficient (Wildman–Crippen LogP) is 1.04. The summed E-state index contributed by atoms with van der Waals surface area (Å²) in [4.78, 5) is 2.13. The summed E-state index contributed by atoms with van der Waals surface area (Å²) in [6.07, 6.45) is 0. The molecular weight excluding hydrogens is 236 g/mol. The Morgan fingerprint density at radius 1 is 1.24 bits per heavy atom. The van der Waals surface area contributed by atoms with Crippen LogP contribution in [0.25, 0.3) is 0 Å². The first-order valence-corrected chi connectivity index (χ1v) is 7.43. The van der Waals surface area contributed by atoms with Crippen LogP contribution in [0.15, 0.2) is 18.2 Å². The van der Waals surface area contributed by atoms with Crippen LogP contribution < -0.4 is 9.62 Å². The van der Waals surface area contributed by atoms with Gasteiger partial charge in [0.2, 0.25) is 10.0 Å². The second-order valence-electron chi connectivity index (χ2n) is 4.49. The Labute approximate surface area is 103 Å². The van der Waals surface area contributed by atoms with E-state index >= 15 is 0 Å². The molecule has 1 fully saturated rings. The van der Waals surface area contributed by atoms with Crippen LogP contribution >= 0.6 is 0 Å². The smallest absolute Gasteiger partial charge is 0.213 e. The first-order chi connectivity index (χ1) is 7.98. The van der Waals surface area contributed by atoms with Gasteiger partial charge >= 0.3 is 0 Å². The van der Waals surface area contributed by atoms with Gasteiger partial charge in [0.25, 0.3) is 0 Å². The summed E-state index contributed by atoms with van der Waals surface area (Å²) < 4.78 is 25.5. The molecule has 0 aromatic heterocycles. The van der Waals surface area contributed by atoms with Gasteiger partial charge in [-0.05, 0) is 25.5 Å². The van der Waals surface area contributed by atoms with E-state index in [1.54, 1.807) is 0 Å². The number of nitrogens with zero attached hydrogens (tertiary/aromatic N) is 1. The van der Waals surface area contributed by atoms with E-state index in [9.17, 15) is 8.42 Å². The van der Waals surface area contributed by atoms with E-state index in [0.29, 0.717) is 13.1 Å². The molecule has 0 amide bonds. The van der Waals surface area contributed by atoms with Crippen molar-refractivity contribution in [3.05, 3.63) is 29.3 Å². The Morgan fingerprint density at radius 3 is 2.71 bits per heavy atom. The largest absolute Gasteiger partial charge is 0.369 e. The molecule has 0 spiro atoms. The summed E-state index contributed by atoms with van der Waals surface area (Å²) >= 11 is 0. The molecule has 1 aromatic carbocycles. The zero-order valence-electron chi connectivity index (χ0n) is 10.2.